The molecule has 0 N–H and O–H groups in total. The summed E-state index contributed by atoms with van der Waals surface area (Å²) in [5.74, 6) is 1.32. The van der Waals surface area contributed by atoms with Gasteiger partial charge >= 0.3 is 0 Å². The molecular formula is C12H15ClO. The van der Waals surface area contributed by atoms with Gasteiger partial charge < -0.3 is 4.74 Å². The van der Waals surface area contributed by atoms with Crippen molar-refractivity contribution in [2.45, 2.75) is 13.3 Å². The summed E-state index contributed by atoms with van der Waals surface area (Å²) in [5, 5.41) is 0.747. The molecule has 0 spiro atoms. The van der Waals surface area contributed by atoms with Gasteiger partial charge in [-0.15, -0.1) is 6.58 Å². The van der Waals surface area contributed by atoms with Crippen molar-refractivity contribution < 1.29 is 4.74 Å². The smallest absolute Gasteiger partial charge is 0.122 e. The van der Waals surface area contributed by atoms with Crippen molar-refractivity contribution >= 4 is 11.6 Å². The molecule has 14 heavy (non-hydrogen) atoms. The van der Waals surface area contributed by atoms with E-state index in [0.717, 1.165) is 22.8 Å². The molecule has 0 amide bonds. The van der Waals surface area contributed by atoms with E-state index in [0.29, 0.717) is 5.92 Å². The number of methoxy groups -OCH3 is 1. The van der Waals surface area contributed by atoms with E-state index in [1.165, 1.54) is 0 Å². The number of hydrogen-bond donors (Lipinski definition) is 0. The fourth-order valence-corrected chi connectivity index (χ4v) is 1.53. The van der Waals surface area contributed by atoms with Gasteiger partial charge in [0.25, 0.3) is 0 Å². The summed E-state index contributed by atoms with van der Waals surface area (Å²) in [5.41, 5.74) is 1.13. The summed E-state index contributed by atoms with van der Waals surface area (Å²) in [4.78, 5) is 0. The maximum atomic E-state index is 5.92. The second kappa shape index (κ2) is 5.06. The van der Waals surface area contributed by atoms with Crippen molar-refractivity contribution in [3.8, 4) is 5.75 Å². The third kappa shape index (κ3) is 2.78. The largest absolute Gasteiger partial charge is 0.496 e. The molecule has 0 bridgehead atoms. The Labute approximate surface area is 90.3 Å². The van der Waals surface area contributed by atoms with E-state index >= 15 is 0 Å². The third-order valence-electron chi connectivity index (χ3n) is 2.19. The molecule has 1 aromatic rings. The van der Waals surface area contributed by atoms with Crippen LogP contribution < -0.4 is 4.74 Å². The van der Waals surface area contributed by atoms with Crippen LogP contribution in [0.1, 0.15) is 12.5 Å². The van der Waals surface area contributed by atoms with Crippen LogP contribution >= 0.6 is 11.6 Å². The Morgan fingerprint density at radius 3 is 2.86 bits per heavy atom. The van der Waals surface area contributed by atoms with Gasteiger partial charge in [-0.25, -0.2) is 0 Å². The minimum Gasteiger partial charge on any atom is -0.496 e. The first-order chi connectivity index (χ1) is 6.67. The Morgan fingerprint density at radius 1 is 1.57 bits per heavy atom. The van der Waals surface area contributed by atoms with Gasteiger partial charge in [0, 0.05) is 5.02 Å². The molecule has 1 nitrogen and oxygen atoms in total. The van der Waals surface area contributed by atoms with Crippen molar-refractivity contribution in [2.75, 3.05) is 7.11 Å². The second-order valence-electron chi connectivity index (χ2n) is 3.37. The molecule has 1 aromatic carbocycles. The SMILES string of the molecule is C=CC(C)Cc1cc(Cl)ccc1OC. The molecule has 0 aromatic heterocycles. The fourth-order valence-electron chi connectivity index (χ4n) is 1.34. The quantitative estimate of drug-likeness (QED) is 0.689. The molecule has 0 heterocycles. The molecule has 0 fully saturated rings. The highest BCUT2D eigenvalue weighted by Gasteiger charge is 2.06. The maximum absolute atomic E-state index is 5.92. The lowest BCUT2D eigenvalue weighted by atomic mass is 10.0. The second-order valence-corrected chi connectivity index (χ2v) is 3.81. The van der Waals surface area contributed by atoms with E-state index in [2.05, 4.69) is 13.5 Å². The Balaban J connectivity index is 2.92. The predicted molar refractivity (Wildman–Crippen MR) is 61.1 cm³/mol. The summed E-state index contributed by atoms with van der Waals surface area (Å²) >= 11 is 5.92. The summed E-state index contributed by atoms with van der Waals surface area (Å²) in [6.45, 7) is 5.88. The average molecular weight is 211 g/mol. The van der Waals surface area contributed by atoms with Crippen molar-refractivity contribution in [1.82, 2.24) is 0 Å². The van der Waals surface area contributed by atoms with Crippen molar-refractivity contribution in [3.05, 3.63) is 41.4 Å². The number of hydrogen-bond acceptors (Lipinski definition) is 1. The number of benzene rings is 1. The molecule has 1 atom stereocenters. The first-order valence-electron chi connectivity index (χ1n) is 4.62. The number of rotatable bonds is 4. The third-order valence-corrected chi connectivity index (χ3v) is 2.42. The Bertz CT molecular complexity index is 320. The minimum absolute atomic E-state index is 0.433. The van der Waals surface area contributed by atoms with Crippen LogP contribution in [0.3, 0.4) is 0 Å². The molecule has 0 radical (unpaired) electrons. The lowest BCUT2D eigenvalue weighted by Crippen LogP contribution is -1.98. The summed E-state index contributed by atoms with van der Waals surface area (Å²) in [7, 11) is 1.67. The molecule has 0 aliphatic carbocycles. The van der Waals surface area contributed by atoms with Gasteiger partial charge in [0.2, 0.25) is 0 Å². The topological polar surface area (TPSA) is 9.23 Å². The monoisotopic (exact) mass is 210 g/mol. The Morgan fingerprint density at radius 2 is 2.29 bits per heavy atom. The normalized spacial score (nSPS) is 12.2. The molecule has 76 valence electrons. The van der Waals surface area contributed by atoms with Crippen LogP contribution in [0, 0.1) is 5.92 Å². The van der Waals surface area contributed by atoms with Crippen LogP contribution in [0.4, 0.5) is 0 Å². The van der Waals surface area contributed by atoms with Gasteiger partial charge in [0.15, 0.2) is 0 Å². The Hall–Kier alpha value is -0.950. The van der Waals surface area contributed by atoms with E-state index in [4.69, 9.17) is 16.3 Å². The number of halogens is 1. The van der Waals surface area contributed by atoms with E-state index in [9.17, 15) is 0 Å². The van der Waals surface area contributed by atoms with Gasteiger partial charge in [0.1, 0.15) is 5.75 Å². The molecule has 0 saturated carbocycles. The zero-order valence-electron chi connectivity index (χ0n) is 8.59. The average Bonchev–Trinajstić information content (AvgIpc) is 2.18. The van der Waals surface area contributed by atoms with Gasteiger partial charge in [0.05, 0.1) is 7.11 Å². The molecule has 0 aliphatic rings. The highest BCUT2D eigenvalue weighted by Crippen LogP contribution is 2.25. The van der Waals surface area contributed by atoms with Crippen LogP contribution in [-0.4, -0.2) is 7.11 Å². The highest BCUT2D eigenvalue weighted by molar-refractivity contribution is 6.30. The van der Waals surface area contributed by atoms with Gasteiger partial charge in [-0.1, -0.05) is 24.6 Å². The lowest BCUT2D eigenvalue weighted by molar-refractivity contribution is 0.408. The van der Waals surface area contributed by atoms with E-state index < -0.39 is 0 Å². The van der Waals surface area contributed by atoms with E-state index in [-0.39, 0.29) is 0 Å². The van der Waals surface area contributed by atoms with Gasteiger partial charge in [-0.2, -0.15) is 0 Å². The van der Waals surface area contributed by atoms with Crippen LogP contribution in [-0.2, 0) is 6.42 Å². The molecule has 2 heteroatoms. The van der Waals surface area contributed by atoms with Crippen molar-refractivity contribution in [2.24, 2.45) is 5.92 Å². The summed E-state index contributed by atoms with van der Waals surface area (Å²) in [6, 6.07) is 5.68. The first kappa shape index (κ1) is 11.1. The van der Waals surface area contributed by atoms with E-state index in [1.807, 2.05) is 24.3 Å². The van der Waals surface area contributed by atoms with Crippen LogP contribution in [0.15, 0.2) is 30.9 Å². The maximum Gasteiger partial charge on any atom is 0.122 e. The zero-order valence-corrected chi connectivity index (χ0v) is 9.34. The summed E-state index contributed by atoms with van der Waals surface area (Å²) < 4.78 is 5.25. The fraction of sp³-hybridized carbons (Fsp3) is 0.333. The van der Waals surface area contributed by atoms with Crippen molar-refractivity contribution in [3.63, 3.8) is 0 Å². The van der Waals surface area contributed by atoms with Crippen LogP contribution in [0.5, 0.6) is 5.75 Å². The van der Waals surface area contributed by atoms with E-state index in [1.54, 1.807) is 7.11 Å². The predicted octanol–water partition coefficient (Wildman–Crippen LogP) is 3.71. The van der Waals surface area contributed by atoms with Gasteiger partial charge in [-0.3, -0.25) is 0 Å². The molecule has 0 saturated heterocycles. The first-order valence-corrected chi connectivity index (χ1v) is 5.00. The molecular weight excluding hydrogens is 196 g/mol. The summed E-state index contributed by atoms with van der Waals surface area (Å²) in [6.07, 6.45) is 2.84. The molecule has 0 aliphatic heterocycles. The lowest BCUT2D eigenvalue weighted by Gasteiger charge is -2.11. The molecule has 1 rings (SSSR count). The van der Waals surface area contributed by atoms with Crippen LogP contribution in [0.2, 0.25) is 5.02 Å². The number of ether oxygens (including phenoxy) is 1. The standard InChI is InChI=1S/C12H15ClO/c1-4-9(2)7-10-8-11(13)5-6-12(10)14-3/h4-6,8-9H,1,7H2,2-3H3. The van der Waals surface area contributed by atoms with Crippen LogP contribution in [0.25, 0.3) is 0 Å². The minimum atomic E-state index is 0.433. The Kier molecular flexibility index (Phi) is 4.02. The number of allylic oxidation sites excluding steroid dienone is 1. The van der Waals surface area contributed by atoms with Gasteiger partial charge in [-0.05, 0) is 36.1 Å². The molecule has 1 unspecified atom stereocenters. The zero-order chi connectivity index (χ0) is 10.6. The highest BCUT2D eigenvalue weighted by atomic mass is 35.5. The van der Waals surface area contributed by atoms with Crippen molar-refractivity contribution in [1.29, 1.82) is 0 Å².